The molecule has 1 amide bonds. The first-order valence-corrected chi connectivity index (χ1v) is 5.55. The van der Waals surface area contributed by atoms with E-state index >= 15 is 0 Å². The van der Waals surface area contributed by atoms with Crippen molar-refractivity contribution in [1.29, 1.82) is 0 Å². The Balaban J connectivity index is 2.26. The second kappa shape index (κ2) is 4.89. The van der Waals surface area contributed by atoms with Crippen LogP contribution < -0.4 is 5.32 Å². The minimum Gasteiger partial charge on any atom is -0.305 e. The highest BCUT2D eigenvalue weighted by molar-refractivity contribution is 6.04. The molecular weight excluding hydrogens is 248 g/mol. The first-order valence-electron chi connectivity index (χ1n) is 5.55. The van der Waals surface area contributed by atoms with Crippen molar-refractivity contribution in [1.82, 2.24) is 10.2 Å². The monoisotopic (exact) mass is 260 g/mol. The number of nitrogens with one attached hydrogen (secondary N) is 2. The third-order valence-electron chi connectivity index (χ3n) is 2.48. The summed E-state index contributed by atoms with van der Waals surface area (Å²) in [6.45, 7) is 3.50. The van der Waals surface area contributed by atoms with Gasteiger partial charge in [-0.05, 0) is 25.5 Å². The largest absolute Gasteiger partial charge is 0.305 e. The number of aromatic amines is 1. The van der Waals surface area contributed by atoms with Gasteiger partial charge in [0.25, 0.3) is 11.6 Å². The zero-order chi connectivity index (χ0) is 14.0. The molecule has 0 saturated carbocycles. The number of hydrogen-bond acceptors (Lipinski definition) is 4. The average Bonchev–Trinajstić information content (AvgIpc) is 2.73. The van der Waals surface area contributed by atoms with Crippen molar-refractivity contribution in [3.63, 3.8) is 0 Å². The Bertz CT molecular complexity index is 648. The van der Waals surface area contributed by atoms with E-state index in [0.29, 0.717) is 11.4 Å². The number of carbonyl (C=O) groups excluding carboxylic acids is 1. The zero-order valence-corrected chi connectivity index (χ0v) is 10.4. The number of non-ortho nitro benzene ring substituents is 1. The fraction of sp³-hybridized carbons (Fsp3) is 0.167. The standard InChI is InChI=1S/C12H12N4O3/c1-7-3-9(6-10(4-7)16(18)19)12(17)13-11-5-8(2)14-15-11/h3-6H,1-2H3,(H2,13,14,15,17). The van der Waals surface area contributed by atoms with Crippen molar-refractivity contribution >= 4 is 17.4 Å². The van der Waals surface area contributed by atoms with Gasteiger partial charge in [0.15, 0.2) is 5.82 Å². The molecule has 0 atom stereocenters. The number of rotatable bonds is 3. The number of H-pyrrole nitrogens is 1. The van der Waals surface area contributed by atoms with E-state index in [1.54, 1.807) is 26.0 Å². The van der Waals surface area contributed by atoms with Gasteiger partial charge in [-0.15, -0.1) is 0 Å². The summed E-state index contributed by atoms with van der Waals surface area (Å²) in [5.41, 5.74) is 1.58. The molecule has 0 fully saturated rings. The van der Waals surface area contributed by atoms with Gasteiger partial charge < -0.3 is 5.32 Å². The van der Waals surface area contributed by atoms with Crippen molar-refractivity contribution < 1.29 is 9.72 Å². The van der Waals surface area contributed by atoms with E-state index in [1.165, 1.54) is 12.1 Å². The molecule has 1 aromatic heterocycles. The Labute approximate surface area is 108 Å². The topological polar surface area (TPSA) is 101 Å². The number of aryl methyl sites for hydroxylation is 2. The molecule has 7 heteroatoms. The number of carbonyl (C=O) groups is 1. The van der Waals surface area contributed by atoms with Crippen LogP contribution >= 0.6 is 0 Å². The number of amides is 1. The van der Waals surface area contributed by atoms with E-state index < -0.39 is 10.8 Å². The van der Waals surface area contributed by atoms with Gasteiger partial charge in [-0.25, -0.2) is 0 Å². The molecule has 0 aliphatic carbocycles. The molecule has 0 bridgehead atoms. The van der Waals surface area contributed by atoms with Crippen LogP contribution in [0, 0.1) is 24.0 Å². The maximum Gasteiger partial charge on any atom is 0.270 e. The van der Waals surface area contributed by atoms with Crippen LogP contribution in [0.2, 0.25) is 0 Å². The van der Waals surface area contributed by atoms with Crippen LogP contribution in [0.3, 0.4) is 0 Å². The molecule has 0 unspecified atom stereocenters. The number of hydrogen-bond donors (Lipinski definition) is 2. The molecule has 1 heterocycles. The number of aromatic nitrogens is 2. The first-order chi connectivity index (χ1) is 8.95. The van der Waals surface area contributed by atoms with Crippen LogP contribution in [0.4, 0.5) is 11.5 Å². The molecular formula is C12H12N4O3. The third-order valence-corrected chi connectivity index (χ3v) is 2.48. The molecule has 1 aromatic carbocycles. The molecule has 19 heavy (non-hydrogen) atoms. The maximum absolute atomic E-state index is 12.0. The highest BCUT2D eigenvalue weighted by Gasteiger charge is 2.14. The van der Waals surface area contributed by atoms with Gasteiger partial charge in [-0.2, -0.15) is 5.10 Å². The van der Waals surface area contributed by atoms with E-state index in [9.17, 15) is 14.9 Å². The van der Waals surface area contributed by atoms with Gasteiger partial charge in [-0.1, -0.05) is 0 Å². The number of nitro benzene ring substituents is 1. The van der Waals surface area contributed by atoms with Gasteiger partial charge in [0.2, 0.25) is 0 Å². The number of nitro groups is 1. The molecule has 0 saturated heterocycles. The molecule has 0 aliphatic heterocycles. The summed E-state index contributed by atoms with van der Waals surface area (Å²) in [5.74, 6) is -0.0510. The second-order valence-corrected chi connectivity index (χ2v) is 4.20. The first kappa shape index (κ1) is 12.7. The van der Waals surface area contributed by atoms with Crippen molar-refractivity contribution in [2.24, 2.45) is 0 Å². The van der Waals surface area contributed by atoms with Crippen LogP contribution in [0.1, 0.15) is 21.6 Å². The summed E-state index contributed by atoms with van der Waals surface area (Å²) in [7, 11) is 0. The molecule has 0 aliphatic rings. The fourth-order valence-corrected chi connectivity index (χ4v) is 1.67. The van der Waals surface area contributed by atoms with E-state index in [1.807, 2.05) is 0 Å². The minimum atomic E-state index is -0.525. The molecule has 2 aromatic rings. The van der Waals surface area contributed by atoms with Gasteiger partial charge >= 0.3 is 0 Å². The van der Waals surface area contributed by atoms with E-state index in [2.05, 4.69) is 15.5 Å². The third kappa shape index (κ3) is 2.95. The molecule has 0 spiro atoms. The lowest BCUT2D eigenvalue weighted by molar-refractivity contribution is -0.384. The Morgan fingerprint density at radius 2 is 2.05 bits per heavy atom. The highest BCUT2D eigenvalue weighted by Crippen LogP contribution is 2.17. The predicted molar refractivity (Wildman–Crippen MR) is 69.1 cm³/mol. The zero-order valence-electron chi connectivity index (χ0n) is 10.4. The summed E-state index contributed by atoms with van der Waals surface area (Å²) in [5, 5.41) is 19.9. The quantitative estimate of drug-likeness (QED) is 0.652. The van der Waals surface area contributed by atoms with Crippen molar-refractivity contribution in [2.75, 3.05) is 5.32 Å². The summed E-state index contributed by atoms with van der Waals surface area (Å²) < 4.78 is 0. The number of nitrogens with zero attached hydrogens (tertiary/aromatic N) is 2. The normalized spacial score (nSPS) is 10.2. The summed E-state index contributed by atoms with van der Waals surface area (Å²) in [4.78, 5) is 22.2. The Hall–Kier alpha value is -2.70. The van der Waals surface area contributed by atoms with Gasteiger partial charge in [0.1, 0.15) is 0 Å². The molecule has 98 valence electrons. The SMILES string of the molecule is Cc1cc(C(=O)Nc2cc(C)[nH]n2)cc([N+](=O)[O-])c1. The Morgan fingerprint density at radius 1 is 1.32 bits per heavy atom. The van der Waals surface area contributed by atoms with E-state index in [0.717, 1.165) is 5.69 Å². The minimum absolute atomic E-state index is 0.108. The molecule has 7 nitrogen and oxygen atoms in total. The van der Waals surface area contributed by atoms with Crippen LogP contribution in [0.25, 0.3) is 0 Å². The number of anilines is 1. The second-order valence-electron chi connectivity index (χ2n) is 4.20. The van der Waals surface area contributed by atoms with Gasteiger partial charge in [0, 0.05) is 29.5 Å². The van der Waals surface area contributed by atoms with Crippen LogP contribution in [-0.2, 0) is 0 Å². The predicted octanol–water partition coefficient (Wildman–Crippen LogP) is 2.19. The lowest BCUT2D eigenvalue weighted by atomic mass is 10.1. The van der Waals surface area contributed by atoms with Crippen molar-refractivity contribution in [3.05, 3.63) is 51.2 Å². The fourth-order valence-electron chi connectivity index (χ4n) is 1.67. The van der Waals surface area contributed by atoms with Crippen molar-refractivity contribution in [2.45, 2.75) is 13.8 Å². The maximum atomic E-state index is 12.0. The Morgan fingerprint density at radius 3 is 2.63 bits per heavy atom. The molecule has 2 rings (SSSR count). The lowest BCUT2D eigenvalue weighted by Gasteiger charge is -2.03. The van der Waals surface area contributed by atoms with Crippen LogP contribution in [0.5, 0.6) is 0 Å². The summed E-state index contributed by atoms with van der Waals surface area (Å²) in [6.07, 6.45) is 0. The van der Waals surface area contributed by atoms with Crippen LogP contribution in [0.15, 0.2) is 24.3 Å². The van der Waals surface area contributed by atoms with Gasteiger partial charge in [-0.3, -0.25) is 20.0 Å². The Kier molecular flexibility index (Phi) is 3.28. The van der Waals surface area contributed by atoms with Gasteiger partial charge in [0.05, 0.1) is 4.92 Å². The highest BCUT2D eigenvalue weighted by atomic mass is 16.6. The smallest absolute Gasteiger partial charge is 0.270 e. The number of benzene rings is 1. The lowest BCUT2D eigenvalue weighted by Crippen LogP contribution is -2.12. The summed E-state index contributed by atoms with van der Waals surface area (Å²) >= 11 is 0. The van der Waals surface area contributed by atoms with E-state index in [-0.39, 0.29) is 11.3 Å². The van der Waals surface area contributed by atoms with E-state index in [4.69, 9.17) is 0 Å². The molecule has 2 N–H and O–H groups in total. The summed E-state index contributed by atoms with van der Waals surface area (Å²) in [6, 6.07) is 5.90. The molecule has 0 radical (unpaired) electrons. The average molecular weight is 260 g/mol. The van der Waals surface area contributed by atoms with Crippen molar-refractivity contribution in [3.8, 4) is 0 Å². The van der Waals surface area contributed by atoms with Crippen LogP contribution in [-0.4, -0.2) is 21.0 Å².